The monoisotopic (exact) mass is 361 g/mol. The van der Waals surface area contributed by atoms with E-state index >= 15 is 0 Å². The highest BCUT2D eigenvalue weighted by molar-refractivity contribution is 6.31. The lowest BCUT2D eigenvalue weighted by atomic mass is 9.87. The second kappa shape index (κ2) is 9.61. The quantitative estimate of drug-likeness (QED) is 0.708. The van der Waals surface area contributed by atoms with Crippen LogP contribution in [0.1, 0.15) is 18.1 Å². The van der Waals surface area contributed by atoms with Gasteiger partial charge in [-0.3, -0.25) is 0 Å². The Morgan fingerprint density at radius 3 is 1.96 bits per heavy atom. The van der Waals surface area contributed by atoms with Gasteiger partial charge in [0, 0.05) is 22.7 Å². The summed E-state index contributed by atoms with van der Waals surface area (Å²) >= 11 is 6.16. The molecule has 1 atom stereocenters. The predicted molar refractivity (Wildman–Crippen MR) is 97.5 cm³/mol. The van der Waals surface area contributed by atoms with E-state index in [0.717, 1.165) is 22.6 Å². The van der Waals surface area contributed by atoms with E-state index in [0.29, 0.717) is 12.2 Å². The first kappa shape index (κ1) is 20.4. The van der Waals surface area contributed by atoms with Gasteiger partial charge >= 0.3 is 11.9 Å². The number of benzene rings is 2. The topological polar surface area (TPSA) is 101 Å². The van der Waals surface area contributed by atoms with Gasteiger partial charge in [-0.05, 0) is 30.5 Å². The summed E-state index contributed by atoms with van der Waals surface area (Å²) in [6, 6.07) is 18.0. The van der Waals surface area contributed by atoms with Crippen molar-refractivity contribution in [2.75, 3.05) is 0 Å². The van der Waals surface area contributed by atoms with Crippen molar-refractivity contribution in [3.8, 4) is 0 Å². The highest BCUT2D eigenvalue weighted by atomic mass is 35.5. The molecule has 0 aliphatic carbocycles. The fourth-order valence-electron chi connectivity index (χ4n) is 2.10. The fourth-order valence-corrected chi connectivity index (χ4v) is 2.30. The Labute approximate surface area is 151 Å². The van der Waals surface area contributed by atoms with E-state index in [1.54, 1.807) is 0 Å². The van der Waals surface area contributed by atoms with Crippen molar-refractivity contribution >= 4 is 23.5 Å². The fraction of sp³-hybridized carbons (Fsp3) is 0.158. The number of carboxylic acids is 2. The first-order valence-corrected chi connectivity index (χ1v) is 7.82. The molecular weight excluding hydrogens is 342 g/mol. The molecule has 0 radical (unpaired) electrons. The van der Waals surface area contributed by atoms with Crippen LogP contribution >= 0.6 is 11.6 Å². The van der Waals surface area contributed by atoms with E-state index in [1.165, 1.54) is 0 Å². The van der Waals surface area contributed by atoms with Gasteiger partial charge in [-0.25, -0.2) is 9.59 Å². The van der Waals surface area contributed by atoms with Gasteiger partial charge in [0.25, 0.3) is 0 Å². The summed E-state index contributed by atoms with van der Waals surface area (Å²) in [5.41, 5.74) is 8.19. The molecule has 6 heteroatoms. The maximum atomic E-state index is 9.55. The van der Waals surface area contributed by atoms with E-state index in [1.807, 2.05) is 49.4 Å². The van der Waals surface area contributed by atoms with Gasteiger partial charge in [-0.15, -0.1) is 0 Å². The van der Waals surface area contributed by atoms with Gasteiger partial charge in [-0.2, -0.15) is 0 Å². The number of carbonyl (C=O) groups is 2. The number of carboxylic acid groups (broad SMARTS) is 2. The number of halogens is 1. The molecule has 132 valence electrons. The Kier molecular flexibility index (Phi) is 7.85. The molecule has 0 fully saturated rings. The zero-order chi connectivity index (χ0) is 18.9. The van der Waals surface area contributed by atoms with Crippen molar-refractivity contribution in [2.24, 2.45) is 5.73 Å². The minimum Gasteiger partial charge on any atom is -0.478 e. The molecule has 25 heavy (non-hydrogen) atoms. The molecular formula is C19H20ClNO4. The van der Waals surface area contributed by atoms with Gasteiger partial charge in [0.15, 0.2) is 0 Å². The summed E-state index contributed by atoms with van der Waals surface area (Å²) in [5, 5.41) is 16.4. The van der Waals surface area contributed by atoms with Crippen molar-refractivity contribution in [3.63, 3.8) is 0 Å². The zero-order valence-corrected chi connectivity index (χ0v) is 14.5. The van der Waals surface area contributed by atoms with Gasteiger partial charge < -0.3 is 15.9 Å². The number of aliphatic carboxylic acids is 2. The van der Waals surface area contributed by atoms with Crippen LogP contribution in [0.3, 0.4) is 0 Å². The summed E-state index contributed by atoms with van der Waals surface area (Å²) in [5.74, 6) is -2.51. The van der Waals surface area contributed by atoms with Crippen LogP contribution in [0.15, 0.2) is 66.7 Å². The maximum absolute atomic E-state index is 9.55. The van der Waals surface area contributed by atoms with Crippen LogP contribution in [0.4, 0.5) is 0 Å². The molecule has 2 rings (SSSR count). The zero-order valence-electron chi connectivity index (χ0n) is 13.7. The summed E-state index contributed by atoms with van der Waals surface area (Å²) in [6.45, 7) is 2.03. The first-order valence-electron chi connectivity index (χ1n) is 7.44. The molecule has 0 aliphatic heterocycles. The molecule has 4 N–H and O–H groups in total. The molecule has 0 amide bonds. The maximum Gasteiger partial charge on any atom is 0.328 e. The first-order chi connectivity index (χ1) is 11.7. The Balaban J connectivity index is 0.000000333. The lowest BCUT2D eigenvalue weighted by molar-refractivity contribution is -0.134. The summed E-state index contributed by atoms with van der Waals surface area (Å²) in [7, 11) is 0. The van der Waals surface area contributed by atoms with Gasteiger partial charge in [-0.1, -0.05) is 60.1 Å². The van der Waals surface area contributed by atoms with Crippen LogP contribution in [0.2, 0.25) is 5.02 Å². The van der Waals surface area contributed by atoms with Crippen molar-refractivity contribution in [1.29, 1.82) is 0 Å². The third-order valence-electron chi connectivity index (χ3n) is 3.32. The molecule has 0 aromatic heterocycles. The lowest BCUT2D eigenvalue weighted by Gasteiger charge is -2.25. The van der Waals surface area contributed by atoms with Gasteiger partial charge in [0.2, 0.25) is 0 Å². The molecule has 5 nitrogen and oxygen atoms in total. The van der Waals surface area contributed by atoms with Crippen LogP contribution in [-0.2, 0) is 21.5 Å². The lowest BCUT2D eigenvalue weighted by Crippen LogP contribution is -2.35. The number of nitrogens with two attached hydrogens (primary N) is 1. The molecule has 0 bridgehead atoms. The Hall–Kier alpha value is -2.63. The van der Waals surface area contributed by atoms with Crippen molar-refractivity contribution in [3.05, 3.63) is 82.9 Å². The molecule has 2 aromatic rings. The Morgan fingerprint density at radius 2 is 1.48 bits per heavy atom. The number of hydrogen-bond donors (Lipinski definition) is 3. The molecule has 2 aromatic carbocycles. The second-order valence-electron chi connectivity index (χ2n) is 5.56. The summed E-state index contributed by atoms with van der Waals surface area (Å²) < 4.78 is 0. The number of hydrogen-bond acceptors (Lipinski definition) is 3. The molecule has 0 saturated heterocycles. The van der Waals surface area contributed by atoms with Crippen LogP contribution in [-0.4, -0.2) is 22.2 Å². The number of rotatable bonds is 5. The van der Waals surface area contributed by atoms with Gasteiger partial charge in [0.05, 0.1) is 0 Å². The van der Waals surface area contributed by atoms with Crippen molar-refractivity contribution in [1.82, 2.24) is 0 Å². The van der Waals surface area contributed by atoms with E-state index in [2.05, 4.69) is 12.1 Å². The van der Waals surface area contributed by atoms with Gasteiger partial charge in [0.1, 0.15) is 0 Å². The summed E-state index contributed by atoms with van der Waals surface area (Å²) in [6.07, 6.45) is 1.85. The average molecular weight is 362 g/mol. The molecule has 0 spiro atoms. The van der Waals surface area contributed by atoms with E-state index < -0.39 is 17.5 Å². The highest BCUT2D eigenvalue weighted by Crippen LogP contribution is 2.26. The van der Waals surface area contributed by atoms with Crippen molar-refractivity contribution < 1.29 is 19.8 Å². The van der Waals surface area contributed by atoms with Crippen LogP contribution in [0.25, 0.3) is 0 Å². The minimum absolute atomic E-state index is 0.397. The normalized spacial score (nSPS) is 12.8. The molecule has 0 saturated carbocycles. The average Bonchev–Trinajstić information content (AvgIpc) is 2.56. The van der Waals surface area contributed by atoms with Crippen molar-refractivity contribution in [2.45, 2.75) is 18.9 Å². The van der Waals surface area contributed by atoms with Crippen LogP contribution < -0.4 is 5.73 Å². The molecule has 0 heterocycles. The standard InChI is InChI=1S/C15H16ClN.C4H4O4/c1-15(17,13-8-3-2-4-9-13)11-12-7-5-6-10-14(12)16;5-3(6)1-2-4(7)8/h2-10H,11,17H2,1H3;1-2H,(H,5,6)(H,7,8). The summed E-state index contributed by atoms with van der Waals surface area (Å²) in [4.78, 5) is 19.1. The van der Waals surface area contributed by atoms with E-state index in [-0.39, 0.29) is 0 Å². The third-order valence-corrected chi connectivity index (χ3v) is 3.69. The molecule has 1 unspecified atom stereocenters. The second-order valence-corrected chi connectivity index (χ2v) is 5.97. The highest BCUT2D eigenvalue weighted by Gasteiger charge is 2.22. The largest absolute Gasteiger partial charge is 0.478 e. The molecule has 0 aliphatic rings. The minimum atomic E-state index is -1.26. The van der Waals surface area contributed by atoms with E-state index in [4.69, 9.17) is 27.5 Å². The third kappa shape index (κ3) is 7.65. The SMILES string of the molecule is CC(N)(Cc1ccccc1Cl)c1ccccc1.O=C(O)C=CC(=O)O. The smallest absolute Gasteiger partial charge is 0.328 e. The van der Waals surface area contributed by atoms with Crippen LogP contribution in [0, 0.1) is 0 Å². The van der Waals surface area contributed by atoms with E-state index in [9.17, 15) is 9.59 Å². The van der Waals surface area contributed by atoms with Crippen LogP contribution in [0.5, 0.6) is 0 Å². The Morgan fingerprint density at radius 1 is 1.00 bits per heavy atom. The predicted octanol–water partition coefficient (Wildman–Crippen LogP) is 3.47. The Bertz CT molecular complexity index is 726.